The van der Waals surface area contributed by atoms with Crippen molar-refractivity contribution in [1.29, 1.82) is 0 Å². The maximum atomic E-state index is 12.6. The summed E-state index contributed by atoms with van der Waals surface area (Å²) < 4.78 is 6.15. The van der Waals surface area contributed by atoms with Crippen LogP contribution in [0.2, 0.25) is 0 Å². The lowest BCUT2D eigenvalue weighted by Crippen LogP contribution is -2.44. The molecule has 0 radical (unpaired) electrons. The van der Waals surface area contributed by atoms with Gasteiger partial charge in [-0.2, -0.15) is 0 Å². The van der Waals surface area contributed by atoms with Crippen LogP contribution >= 0.6 is 0 Å². The molecule has 0 aromatic heterocycles. The largest absolute Gasteiger partial charge is 0.378 e. The summed E-state index contributed by atoms with van der Waals surface area (Å²) in [5.41, 5.74) is 0. The summed E-state index contributed by atoms with van der Waals surface area (Å²) in [6, 6.07) is 0. The monoisotopic (exact) mass is 350 g/mol. The highest BCUT2D eigenvalue weighted by Gasteiger charge is 2.30. The van der Waals surface area contributed by atoms with Gasteiger partial charge in [-0.05, 0) is 44.4 Å². The number of ether oxygens (including phenoxy) is 1. The fourth-order valence-electron chi connectivity index (χ4n) is 4.54. The molecule has 142 valence electrons. The van der Waals surface area contributed by atoms with Crippen LogP contribution in [0.15, 0.2) is 0 Å². The van der Waals surface area contributed by atoms with Crippen molar-refractivity contribution in [2.75, 3.05) is 32.8 Å². The van der Waals surface area contributed by atoms with Gasteiger partial charge in [0.25, 0.3) is 0 Å². The highest BCUT2D eigenvalue weighted by Crippen LogP contribution is 2.27. The number of rotatable bonds is 4. The number of amides is 2. The van der Waals surface area contributed by atoms with E-state index < -0.39 is 0 Å². The van der Waals surface area contributed by atoms with Gasteiger partial charge in [0, 0.05) is 45.6 Å². The second kappa shape index (κ2) is 9.02. The summed E-state index contributed by atoms with van der Waals surface area (Å²) in [7, 11) is 0. The first-order chi connectivity index (χ1) is 12.1. The van der Waals surface area contributed by atoms with Crippen LogP contribution < -0.4 is 0 Å². The van der Waals surface area contributed by atoms with Gasteiger partial charge in [-0.25, -0.2) is 0 Å². The Hall–Kier alpha value is -1.10. The normalized spacial score (nSPS) is 24.5. The predicted molar refractivity (Wildman–Crippen MR) is 97.1 cm³/mol. The number of piperidine rings is 2. The van der Waals surface area contributed by atoms with Crippen LogP contribution in [0.25, 0.3) is 0 Å². The van der Waals surface area contributed by atoms with Crippen molar-refractivity contribution in [3.05, 3.63) is 0 Å². The Balaban J connectivity index is 1.33. The summed E-state index contributed by atoms with van der Waals surface area (Å²) in [5.74, 6) is 1.46. The molecule has 2 amide bonds. The van der Waals surface area contributed by atoms with Gasteiger partial charge < -0.3 is 14.5 Å². The van der Waals surface area contributed by atoms with Crippen molar-refractivity contribution < 1.29 is 14.3 Å². The Kier molecular flexibility index (Phi) is 6.74. The fourth-order valence-corrected chi connectivity index (χ4v) is 4.54. The topological polar surface area (TPSA) is 49.9 Å². The molecule has 3 aliphatic rings. The molecule has 0 aromatic carbocycles. The fraction of sp³-hybridized carbons (Fsp3) is 0.900. The third-order valence-corrected chi connectivity index (χ3v) is 6.34. The number of hydrogen-bond acceptors (Lipinski definition) is 3. The van der Waals surface area contributed by atoms with E-state index in [-0.39, 0.29) is 11.8 Å². The van der Waals surface area contributed by atoms with Crippen molar-refractivity contribution in [2.24, 2.45) is 11.8 Å². The van der Waals surface area contributed by atoms with Crippen molar-refractivity contribution >= 4 is 11.8 Å². The lowest BCUT2D eigenvalue weighted by atomic mass is 9.88. The standard InChI is InChI=1S/C20H34N2O3/c1-16(23)21-11-7-17(8-12-21)15-25-19-9-13-22(14-10-19)20(24)18-5-3-2-4-6-18/h17-19H,2-15H2,1H3. The van der Waals surface area contributed by atoms with Crippen LogP contribution in [-0.2, 0) is 14.3 Å². The van der Waals surface area contributed by atoms with E-state index in [4.69, 9.17) is 4.74 Å². The molecular formula is C20H34N2O3. The molecule has 5 nitrogen and oxygen atoms in total. The molecule has 2 heterocycles. The average molecular weight is 351 g/mol. The number of carbonyl (C=O) groups excluding carboxylic acids is 2. The lowest BCUT2D eigenvalue weighted by Gasteiger charge is -2.36. The van der Waals surface area contributed by atoms with E-state index in [1.54, 1.807) is 6.92 Å². The summed E-state index contributed by atoms with van der Waals surface area (Å²) in [6.07, 6.45) is 10.3. The van der Waals surface area contributed by atoms with Gasteiger partial charge in [-0.1, -0.05) is 19.3 Å². The summed E-state index contributed by atoms with van der Waals surface area (Å²) in [5, 5.41) is 0. The van der Waals surface area contributed by atoms with E-state index in [0.29, 0.717) is 17.9 Å². The summed E-state index contributed by atoms with van der Waals surface area (Å²) >= 11 is 0. The molecule has 1 saturated carbocycles. The van der Waals surface area contributed by atoms with Gasteiger partial charge in [-0.3, -0.25) is 9.59 Å². The zero-order valence-corrected chi connectivity index (χ0v) is 15.8. The van der Waals surface area contributed by atoms with Crippen LogP contribution in [0.4, 0.5) is 0 Å². The van der Waals surface area contributed by atoms with E-state index in [2.05, 4.69) is 4.90 Å². The molecule has 0 N–H and O–H groups in total. The molecule has 0 bridgehead atoms. The number of likely N-dealkylation sites (tertiary alicyclic amines) is 2. The molecule has 1 aliphatic carbocycles. The van der Waals surface area contributed by atoms with Crippen LogP contribution in [0.3, 0.4) is 0 Å². The Labute approximate surface area is 152 Å². The second-order valence-corrected chi connectivity index (χ2v) is 8.14. The summed E-state index contributed by atoms with van der Waals surface area (Å²) in [4.78, 5) is 28.0. The number of nitrogens with zero attached hydrogens (tertiary/aromatic N) is 2. The van der Waals surface area contributed by atoms with Crippen molar-refractivity contribution in [3.8, 4) is 0 Å². The van der Waals surface area contributed by atoms with Gasteiger partial charge in [0.1, 0.15) is 0 Å². The van der Waals surface area contributed by atoms with Crippen molar-refractivity contribution in [2.45, 2.75) is 70.8 Å². The molecule has 0 aromatic rings. The van der Waals surface area contributed by atoms with Gasteiger partial charge >= 0.3 is 0 Å². The second-order valence-electron chi connectivity index (χ2n) is 8.14. The van der Waals surface area contributed by atoms with Crippen LogP contribution in [0.1, 0.15) is 64.7 Å². The van der Waals surface area contributed by atoms with Gasteiger partial charge in [0.2, 0.25) is 11.8 Å². The molecule has 0 spiro atoms. The average Bonchev–Trinajstić information content (AvgIpc) is 2.67. The van der Waals surface area contributed by atoms with E-state index in [1.807, 2.05) is 4.90 Å². The molecule has 0 atom stereocenters. The zero-order valence-electron chi connectivity index (χ0n) is 15.8. The summed E-state index contributed by atoms with van der Waals surface area (Å²) in [6.45, 7) is 5.94. The van der Waals surface area contributed by atoms with Gasteiger partial charge in [0.05, 0.1) is 6.10 Å². The lowest BCUT2D eigenvalue weighted by molar-refractivity contribution is -0.139. The molecule has 3 rings (SSSR count). The third kappa shape index (κ3) is 5.19. The highest BCUT2D eigenvalue weighted by molar-refractivity contribution is 5.79. The molecule has 2 aliphatic heterocycles. The Morgan fingerprint density at radius 3 is 2.04 bits per heavy atom. The first-order valence-corrected chi connectivity index (χ1v) is 10.3. The number of carbonyl (C=O) groups is 2. The quantitative estimate of drug-likeness (QED) is 0.783. The van der Waals surface area contributed by atoms with E-state index in [9.17, 15) is 9.59 Å². The molecule has 0 unspecified atom stereocenters. The van der Waals surface area contributed by atoms with Crippen molar-refractivity contribution in [1.82, 2.24) is 9.80 Å². The molecule has 2 saturated heterocycles. The smallest absolute Gasteiger partial charge is 0.225 e. The molecule has 3 fully saturated rings. The van der Waals surface area contributed by atoms with E-state index >= 15 is 0 Å². The minimum atomic E-state index is 0.189. The van der Waals surface area contributed by atoms with E-state index in [1.165, 1.54) is 19.3 Å². The van der Waals surface area contributed by atoms with Gasteiger partial charge in [-0.15, -0.1) is 0 Å². The van der Waals surface area contributed by atoms with Crippen LogP contribution in [-0.4, -0.2) is 60.5 Å². The highest BCUT2D eigenvalue weighted by atomic mass is 16.5. The molecular weight excluding hydrogens is 316 g/mol. The Morgan fingerprint density at radius 1 is 0.840 bits per heavy atom. The SMILES string of the molecule is CC(=O)N1CCC(COC2CCN(C(=O)C3CCCCC3)CC2)CC1. The third-order valence-electron chi connectivity index (χ3n) is 6.34. The van der Waals surface area contributed by atoms with Crippen molar-refractivity contribution in [3.63, 3.8) is 0 Å². The van der Waals surface area contributed by atoms with E-state index in [0.717, 1.165) is 71.3 Å². The Morgan fingerprint density at radius 2 is 1.44 bits per heavy atom. The molecule has 25 heavy (non-hydrogen) atoms. The predicted octanol–water partition coefficient (Wildman–Crippen LogP) is 2.83. The zero-order chi connectivity index (χ0) is 17.6. The molecule has 5 heteroatoms. The Bertz CT molecular complexity index is 446. The maximum absolute atomic E-state index is 12.6. The van der Waals surface area contributed by atoms with Gasteiger partial charge in [0.15, 0.2) is 0 Å². The first kappa shape index (κ1) is 18.7. The minimum Gasteiger partial charge on any atom is -0.378 e. The minimum absolute atomic E-state index is 0.189. The van der Waals surface area contributed by atoms with Crippen LogP contribution in [0, 0.1) is 11.8 Å². The maximum Gasteiger partial charge on any atom is 0.225 e. The first-order valence-electron chi connectivity index (χ1n) is 10.3. The van der Waals surface area contributed by atoms with Crippen LogP contribution in [0.5, 0.6) is 0 Å². The number of hydrogen-bond donors (Lipinski definition) is 0.